The van der Waals surface area contributed by atoms with Gasteiger partial charge in [0.25, 0.3) is 5.91 Å². The molecule has 0 saturated heterocycles. The van der Waals surface area contributed by atoms with E-state index in [1.807, 2.05) is 6.07 Å². The Balaban J connectivity index is 2.26. The first kappa shape index (κ1) is 11.5. The van der Waals surface area contributed by atoms with Crippen LogP contribution < -0.4 is 5.32 Å². The van der Waals surface area contributed by atoms with Gasteiger partial charge in [0.1, 0.15) is 5.52 Å². The molecule has 1 N–H and O–H groups in total. The molecule has 1 aromatic heterocycles. The molecule has 0 fully saturated rings. The Kier molecular flexibility index (Phi) is 3.62. The van der Waals surface area contributed by atoms with Crippen LogP contribution in [0.5, 0.6) is 0 Å². The highest BCUT2D eigenvalue weighted by atomic mass is 16.5. The Morgan fingerprint density at radius 2 is 2.18 bits per heavy atom. The van der Waals surface area contributed by atoms with Crippen LogP contribution in [-0.4, -0.2) is 36.1 Å². The standard InChI is InChI=1S/C12H13N3O2/c1-17-8-7-15-12(16)9-3-2-4-10-11(9)14-6-5-13-10/h2-6H,7-8H2,1H3,(H,15,16). The third-order valence-electron chi connectivity index (χ3n) is 2.34. The number of aromatic nitrogens is 2. The highest BCUT2D eigenvalue weighted by molar-refractivity contribution is 6.04. The van der Waals surface area contributed by atoms with Crippen molar-refractivity contribution in [3.63, 3.8) is 0 Å². The number of hydrogen-bond acceptors (Lipinski definition) is 4. The van der Waals surface area contributed by atoms with Crippen LogP contribution in [0.25, 0.3) is 11.0 Å². The smallest absolute Gasteiger partial charge is 0.253 e. The Hall–Kier alpha value is -2.01. The number of fused-ring (bicyclic) bond motifs is 1. The van der Waals surface area contributed by atoms with Gasteiger partial charge in [0, 0.05) is 26.0 Å². The summed E-state index contributed by atoms with van der Waals surface area (Å²) in [5.41, 5.74) is 1.86. The molecule has 1 aromatic carbocycles. The number of methoxy groups -OCH3 is 1. The molecule has 0 radical (unpaired) electrons. The van der Waals surface area contributed by atoms with E-state index in [4.69, 9.17) is 4.74 Å². The third kappa shape index (κ3) is 2.57. The van der Waals surface area contributed by atoms with Crippen molar-refractivity contribution >= 4 is 16.9 Å². The fourth-order valence-corrected chi connectivity index (χ4v) is 1.54. The zero-order chi connectivity index (χ0) is 12.1. The summed E-state index contributed by atoms with van der Waals surface area (Å²) in [5, 5.41) is 2.76. The van der Waals surface area contributed by atoms with Crippen molar-refractivity contribution in [2.75, 3.05) is 20.3 Å². The number of carbonyl (C=O) groups is 1. The molecule has 2 rings (SSSR count). The summed E-state index contributed by atoms with van der Waals surface area (Å²) in [6.07, 6.45) is 3.18. The predicted octanol–water partition coefficient (Wildman–Crippen LogP) is 1.01. The maximum absolute atomic E-state index is 11.9. The average Bonchev–Trinajstić information content (AvgIpc) is 2.38. The Morgan fingerprint density at radius 3 is 3.00 bits per heavy atom. The Labute approximate surface area is 98.8 Å². The van der Waals surface area contributed by atoms with E-state index in [-0.39, 0.29) is 5.91 Å². The largest absolute Gasteiger partial charge is 0.383 e. The molecule has 0 aliphatic rings. The molecule has 0 bridgehead atoms. The number of para-hydroxylation sites is 1. The zero-order valence-corrected chi connectivity index (χ0v) is 9.51. The van der Waals surface area contributed by atoms with E-state index >= 15 is 0 Å². The first-order valence-corrected chi connectivity index (χ1v) is 5.30. The molecule has 17 heavy (non-hydrogen) atoms. The number of hydrogen-bond donors (Lipinski definition) is 1. The number of amides is 1. The van der Waals surface area contributed by atoms with E-state index in [0.29, 0.717) is 29.7 Å². The van der Waals surface area contributed by atoms with Gasteiger partial charge < -0.3 is 10.1 Å². The molecule has 1 amide bonds. The topological polar surface area (TPSA) is 64.1 Å². The molecule has 0 atom stereocenters. The van der Waals surface area contributed by atoms with Crippen LogP contribution in [-0.2, 0) is 4.74 Å². The van der Waals surface area contributed by atoms with Crippen LogP contribution in [0.2, 0.25) is 0 Å². The van der Waals surface area contributed by atoms with Crippen molar-refractivity contribution in [3.8, 4) is 0 Å². The molecule has 5 nitrogen and oxygen atoms in total. The molecule has 88 valence electrons. The Bertz CT molecular complexity index is 523. The van der Waals surface area contributed by atoms with Gasteiger partial charge in [-0.25, -0.2) is 0 Å². The van der Waals surface area contributed by atoms with Crippen molar-refractivity contribution in [1.82, 2.24) is 15.3 Å². The van der Waals surface area contributed by atoms with Crippen molar-refractivity contribution < 1.29 is 9.53 Å². The van der Waals surface area contributed by atoms with Gasteiger partial charge in [-0.3, -0.25) is 14.8 Å². The number of carbonyl (C=O) groups excluding carboxylic acids is 1. The number of ether oxygens (including phenoxy) is 1. The van der Waals surface area contributed by atoms with Gasteiger partial charge >= 0.3 is 0 Å². The minimum atomic E-state index is -0.159. The number of nitrogens with one attached hydrogen (secondary N) is 1. The second kappa shape index (κ2) is 5.36. The second-order valence-electron chi connectivity index (χ2n) is 3.48. The highest BCUT2D eigenvalue weighted by Crippen LogP contribution is 2.13. The quantitative estimate of drug-likeness (QED) is 0.797. The summed E-state index contributed by atoms with van der Waals surface area (Å²) in [6, 6.07) is 5.36. The van der Waals surface area contributed by atoms with Crippen LogP contribution in [0.15, 0.2) is 30.6 Å². The number of benzene rings is 1. The normalized spacial score (nSPS) is 10.4. The van der Waals surface area contributed by atoms with Gasteiger partial charge in [0.2, 0.25) is 0 Å². The van der Waals surface area contributed by atoms with Gasteiger partial charge in [0.15, 0.2) is 0 Å². The maximum Gasteiger partial charge on any atom is 0.253 e. The van der Waals surface area contributed by atoms with E-state index in [9.17, 15) is 4.79 Å². The van der Waals surface area contributed by atoms with Crippen LogP contribution in [0.3, 0.4) is 0 Å². The second-order valence-corrected chi connectivity index (χ2v) is 3.48. The van der Waals surface area contributed by atoms with Crippen LogP contribution >= 0.6 is 0 Å². The van der Waals surface area contributed by atoms with E-state index in [0.717, 1.165) is 0 Å². The fourth-order valence-electron chi connectivity index (χ4n) is 1.54. The van der Waals surface area contributed by atoms with Crippen LogP contribution in [0.4, 0.5) is 0 Å². The van der Waals surface area contributed by atoms with Crippen LogP contribution in [0, 0.1) is 0 Å². The molecular formula is C12H13N3O2. The maximum atomic E-state index is 11.9. The molecule has 0 aliphatic heterocycles. The fraction of sp³-hybridized carbons (Fsp3) is 0.250. The lowest BCUT2D eigenvalue weighted by Crippen LogP contribution is -2.27. The number of rotatable bonds is 4. The van der Waals surface area contributed by atoms with E-state index < -0.39 is 0 Å². The molecule has 0 saturated carbocycles. The summed E-state index contributed by atoms with van der Waals surface area (Å²) < 4.78 is 4.87. The first-order valence-electron chi connectivity index (χ1n) is 5.30. The predicted molar refractivity (Wildman–Crippen MR) is 63.7 cm³/mol. The summed E-state index contributed by atoms with van der Waals surface area (Å²) in [5.74, 6) is -0.159. The lowest BCUT2D eigenvalue weighted by Gasteiger charge is -2.06. The molecule has 2 aromatic rings. The van der Waals surface area contributed by atoms with Gasteiger partial charge in [-0.1, -0.05) is 6.07 Å². The minimum absolute atomic E-state index is 0.159. The first-order chi connectivity index (χ1) is 8.33. The van der Waals surface area contributed by atoms with Crippen molar-refractivity contribution in [2.45, 2.75) is 0 Å². The van der Waals surface area contributed by atoms with Crippen molar-refractivity contribution in [2.24, 2.45) is 0 Å². The molecule has 1 heterocycles. The van der Waals surface area contributed by atoms with E-state index in [2.05, 4.69) is 15.3 Å². The van der Waals surface area contributed by atoms with Crippen molar-refractivity contribution in [3.05, 3.63) is 36.2 Å². The molecule has 0 unspecified atom stereocenters. The van der Waals surface area contributed by atoms with Crippen molar-refractivity contribution in [1.29, 1.82) is 0 Å². The number of nitrogens with zero attached hydrogens (tertiary/aromatic N) is 2. The van der Waals surface area contributed by atoms with E-state index in [1.54, 1.807) is 31.6 Å². The third-order valence-corrected chi connectivity index (χ3v) is 2.34. The van der Waals surface area contributed by atoms with Gasteiger partial charge in [0.05, 0.1) is 17.7 Å². The average molecular weight is 231 g/mol. The van der Waals surface area contributed by atoms with E-state index in [1.165, 1.54) is 0 Å². The summed E-state index contributed by atoms with van der Waals surface area (Å²) in [6.45, 7) is 0.966. The summed E-state index contributed by atoms with van der Waals surface area (Å²) in [7, 11) is 1.59. The molecule has 5 heteroatoms. The monoisotopic (exact) mass is 231 g/mol. The van der Waals surface area contributed by atoms with Crippen LogP contribution in [0.1, 0.15) is 10.4 Å². The molecule has 0 spiro atoms. The van der Waals surface area contributed by atoms with Gasteiger partial charge in [-0.15, -0.1) is 0 Å². The zero-order valence-electron chi connectivity index (χ0n) is 9.51. The lowest BCUT2D eigenvalue weighted by atomic mass is 10.1. The van der Waals surface area contributed by atoms with Gasteiger partial charge in [-0.05, 0) is 12.1 Å². The van der Waals surface area contributed by atoms with Gasteiger partial charge in [-0.2, -0.15) is 0 Å². The summed E-state index contributed by atoms with van der Waals surface area (Å²) in [4.78, 5) is 20.2. The SMILES string of the molecule is COCCNC(=O)c1cccc2nccnc12. The lowest BCUT2D eigenvalue weighted by molar-refractivity contribution is 0.0938. The molecular weight excluding hydrogens is 218 g/mol. The highest BCUT2D eigenvalue weighted by Gasteiger charge is 2.10. The summed E-state index contributed by atoms with van der Waals surface area (Å²) >= 11 is 0. The minimum Gasteiger partial charge on any atom is -0.383 e. The molecule has 0 aliphatic carbocycles. The Morgan fingerprint density at radius 1 is 1.35 bits per heavy atom.